The molecule has 236 valence electrons. The van der Waals surface area contributed by atoms with Gasteiger partial charge in [-0.1, -0.05) is 54.5 Å². The first kappa shape index (κ1) is 29.5. The van der Waals surface area contributed by atoms with Gasteiger partial charge >= 0.3 is 0 Å². The van der Waals surface area contributed by atoms with Crippen LogP contribution < -0.4 is 5.32 Å². The molecule has 5 nitrogen and oxygen atoms in total. The SMILES string of the molecule is CCc1ccc2cc1NC1C(O)CCCC1SSCC1CC3(CCC4CC5C6C(O)=CC(OC)C6(O)C4(C)C53C)CC1C2. The zero-order chi connectivity index (χ0) is 29.9. The lowest BCUT2D eigenvalue weighted by Gasteiger charge is -2.61. The maximum absolute atomic E-state index is 12.7. The Labute approximate surface area is 265 Å². The number of benzene rings is 1. The van der Waals surface area contributed by atoms with E-state index in [1.807, 2.05) is 16.9 Å². The summed E-state index contributed by atoms with van der Waals surface area (Å²) in [5, 5.41) is 39.4. The van der Waals surface area contributed by atoms with Crippen molar-refractivity contribution in [2.45, 2.75) is 114 Å². The van der Waals surface area contributed by atoms with E-state index in [9.17, 15) is 15.3 Å². The summed E-state index contributed by atoms with van der Waals surface area (Å²) in [4.78, 5) is 0. The Kier molecular flexibility index (Phi) is 6.92. The number of nitrogens with one attached hydrogen (secondary N) is 1. The lowest BCUT2D eigenvalue weighted by Crippen LogP contribution is -2.64. The van der Waals surface area contributed by atoms with Crippen molar-refractivity contribution in [2.24, 2.45) is 45.8 Å². The average Bonchev–Trinajstić information content (AvgIpc) is 3.57. The molecule has 1 aliphatic heterocycles. The molecule has 1 heterocycles. The molecule has 43 heavy (non-hydrogen) atoms. The van der Waals surface area contributed by atoms with E-state index in [0.29, 0.717) is 34.7 Å². The second-order valence-corrected chi connectivity index (χ2v) is 18.5. The molecule has 0 saturated heterocycles. The van der Waals surface area contributed by atoms with Gasteiger partial charge in [0, 0.05) is 29.2 Å². The van der Waals surface area contributed by atoms with Crippen LogP contribution in [0.15, 0.2) is 30.0 Å². The minimum Gasteiger partial charge on any atom is -0.512 e. The molecule has 4 N–H and O–H groups in total. The Morgan fingerprint density at radius 2 is 1.91 bits per heavy atom. The van der Waals surface area contributed by atoms with Crippen molar-refractivity contribution in [3.63, 3.8) is 0 Å². The number of hydrogen-bond donors (Lipinski definition) is 4. The van der Waals surface area contributed by atoms with E-state index in [2.05, 4.69) is 55.1 Å². The van der Waals surface area contributed by atoms with Crippen LogP contribution in [0.4, 0.5) is 5.69 Å². The van der Waals surface area contributed by atoms with Crippen molar-refractivity contribution in [3.05, 3.63) is 41.2 Å². The fourth-order valence-electron chi connectivity index (χ4n) is 12.8. The van der Waals surface area contributed by atoms with E-state index in [-0.39, 0.29) is 34.3 Å². The summed E-state index contributed by atoms with van der Waals surface area (Å²) < 4.78 is 5.93. The van der Waals surface area contributed by atoms with Crippen LogP contribution in [0, 0.1) is 45.8 Å². The van der Waals surface area contributed by atoms with Crippen LogP contribution in [0.3, 0.4) is 0 Å². The normalized spacial score (nSPS) is 51.6. The number of aliphatic hydroxyl groups excluding tert-OH is 2. The maximum Gasteiger partial charge on any atom is 0.111 e. The number of aryl methyl sites for hydroxylation is 1. The zero-order valence-corrected chi connectivity index (χ0v) is 28.0. The van der Waals surface area contributed by atoms with Crippen LogP contribution in [-0.2, 0) is 17.6 Å². The Hall–Kier alpha value is -0.860. The monoisotopic (exact) mass is 625 g/mol. The molecular formula is C36H51NO4S2. The molecule has 0 amide bonds. The molecule has 0 radical (unpaired) electrons. The number of hydrogen-bond acceptors (Lipinski definition) is 7. The van der Waals surface area contributed by atoms with Gasteiger partial charge in [-0.15, -0.1) is 0 Å². The summed E-state index contributed by atoms with van der Waals surface area (Å²) in [6.45, 7) is 7.16. The van der Waals surface area contributed by atoms with Gasteiger partial charge in [-0.2, -0.15) is 0 Å². The third-order valence-electron chi connectivity index (χ3n) is 14.9. The summed E-state index contributed by atoms with van der Waals surface area (Å²) in [6, 6.07) is 7.20. The molecule has 8 rings (SSSR count). The van der Waals surface area contributed by atoms with Crippen molar-refractivity contribution in [1.82, 2.24) is 0 Å². The predicted molar refractivity (Wildman–Crippen MR) is 176 cm³/mol. The second-order valence-electron chi connectivity index (χ2n) is 15.9. The molecule has 6 bridgehead atoms. The van der Waals surface area contributed by atoms with E-state index >= 15 is 0 Å². The molecule has 13 atom stereocenters. The maximum atomic E-state index is 12.7. The molecule has 0 aromatic heterocycles. The predicted octanol–water partition coefficient (Wildman–Crippen LogP) is 7.17. The number of aliphatic hydroxyl groups is 3. The lowest BCUT2D eigenvalue weighted by molar-refractivity contribution is -0.218. The van der Waals surface area contributed by atoms with Crippen molar-refractivity contribution in [1.29, 1.82) is 0 Å². The first-order chi connectivity index (χ1) is 20.6. The van der Waals surface area contributed by atoms with E-state index in [0.717, 1.165) is 44.3 Å². The van der Waals surface area contributed by atoms with Crippen molar-refractivity contribution in [2.75, 3.05) is 18.2 Å². The van der Waals surface area contributed by atoms with Gasteiger partial charge in [-0.25, -0.2) is 0 Å². The smallest absolute Gasteiger partial charge is 0.111 e. The summed E-state index contributed by atoms with van der Waals surface area (Å²) in [5.74, 6) is 3.32. The topological polar surface area (TPSA) is 82.0 Å². The zero-order valence-electron chi connectivity index (χ0n) is 26.4. The van der Waals surface area contributed by atoms with Gasteiger partial charge in [-0.3, -0.25) is 0 Å². The molecule has 1 spiro atoms. The molecule has 13 unspecified atom stereocenters. The summed E-state index contributed by atoms with van der Waals surface area (Å²) in [7, 11) is 5.79. The molecular weight excluding hydrogens is 575 g/mol. The van der Waals surface area contributed by atoms with Gasteiger partial charge in [-0.05, 0) is 122 Å². The van der Waals surface area contributed by atoms with E-state index in [1.54, 1.807) is 7.11 Å². The van der Waals surface area contributed by atoms with Crippen LogP contribution in [0.25, 0.3) is 0 Å². The van der Waals surface area contributed by atoms with Crippen molar-refractivity contribution < 1.29 is 20.1 Å². The molecule has 6 aliphatic carbocycles. The summed E-state index contributed by atoms with van der Waals surface area (Å²) >= 11 is 0. The third kappa shape index (κ3) is 3.66. The number of fused-ring (bicyclic) bond motifs is 6. The van der Waals surface area contributed by atoms with Crippen LogP contribution in [0.1, 0.15) is 83.3 Å². The van der Waals surface area contributed by atoms with Gasteiger partial charge in [0.25, 0.3) is 0 Å². The highest BCUT2D eigenvalue weighted by Crippen LogP contribution is 2.87. The highest BCUT2D eigenvalue weighted by Gasteiger charge is 2.87. The number of methoxy groups -OCH3 is 1. The second kappa shape index (κ2) is 10.1. The first-order valence-corrected chi connectivity index (χ1v) is 19.5. The van der Waals surface area contributed by atoms with Gasteiger partial charge < -0.3 is 25.4 Å². The van der Waals surface area contributed by atoms with E-state index in [4.69, 9.17) is 4.74 Å². The molecule has 7 heteroatoms. The van der Waals surface area contributed by atoms with Gasteiger partial charge in [0.15, 0.2) is 0 Å². The molecule has 1 aromatic carbocycles. The molecule has 5 fully saturated rings. The summed E-state index contributed by atoms with van der Waals surface area (Å²) in [6.07, 6.45) is 12.3. The fourth-order valence-corrected chi connectivity index (χ4v) is 16.2. The largest absolute Gasteiger partial charge is 0.512 e. The minimum absolute atomic E-state index is 0.0442. The fraction of sp³-hybridized carbons (Fsp3) is 0.778. The Morgan fingerprint density at radius 1 is 1.09 bits per heavy atom. The average molecular weight is 626 g/mol. The van der Waals surface area contributed by atoms with Gasteiger partial charge in [0.2, 0.25) is 0 Å². The van der Waals surface area contributed by atoms with Crippen molar-refractivity contribution in [3.8, 4) is 0 Å². The van der Waals surface area contributed by atoms with Crippen LogP contribution in [0.5, 0.6) is 0 Å². The van der Waals surface area contributed by atoms with E-state index < -0.39 is 11.7 Å². The Balaban J connectivity index is 1.17. The van der Waals surface area contributed by atoms with Crippen LogP contribution >= 0.6 is 21.6 Å². The first-order valence-electron chi connectivity index (χ1n) is 17.1. The standard InChI is InChI=1S/C36H51NO4S2/c1-5-21-10-9-20-13-22-17-35(18-23(22)19-42-43-29-8-6-7-27(38)32(29)37-26(21)14-20)12-11-24-15-25-31-28(39)16-30(41-4)36(31,40)33(24,2)34(25,35)3/h9-10,14,16,22-25,27,29-32,37-40H,5-8,11-13,15,17-19H2,1-4H3. The molecule has 7 aliphatic rings. The van der Waals surface area contributed by atoms with Crippen LogP contribution in [0.2, 0.25) is 0 Å². The summed E-state index contributed by atoms with van der Waals surface area (Å²) in [5.41, 5.74) is 2.78. The van der Waals surface area contributed by atoms with E-state index in [1.165, 1.54) is 42.5 Å². The number of anilines is 1. The van der Waals surface area contributed by atoms with Crippen LogP contribution in [-0.4, -0.2) is 57.3 Å². The van der Waals surface area contributed by atoms with Gasteiger partial charge in [0.1, 0.15) is 11.7 Å². The number of ether oxygens (including phenoxy) is 1. The van der Waals surface area contributed by atoms with Crippen molar-refractivity contribution >= 4 is 27.3 Å². The lowest BCUT2D eigenvalue weighted by atomic mass is 9.44. The third-order valence-corrected chi connectivity index (χ3v) is 17.9. The molecule has 1 aromatic rings. The minimum atomic E-state index is -1.04. The Bertz CT molecular complexity index is 1320. The Morgan fingerprint density at radius 3 is 2.70 bits per heavy atom. The van der Waals surface area contributed by atoms with Gasteiger partial charge in [0.05, 0.1) is 23.8 Å². The highest BCUT2D eigenvalue weighted by atomic mass is 33.1. The highest BCUT2D eigenvalue weighted by molar-refractivity contribution is 8.77. The quantitative estimate of drug-likeness (QED) is 0.260. The number of rotatable bonds is 2. The molecule has 5 saturated carbocycles.